The van der Waals surface area contributed by atoms with Gasteiger partial charge in [-0.2, -0.15) is 0 Å². The van der Waals surface area contributed by atoms with E-state index in [1.807, 2.05) is 0 Å². The fourth-order valence-electron chi connectivity index (χ4n) is 5.03. The van der Waals surface area contributed by atoms with Gasteiger partial charge in [-0.3, -0.25) is 0 Å². The first-order chi connectivity index (χ1) is 11.8. The van der Waals surface area contributed by atoms with Gasteiger partial charge in [0.2, 0.25) is 0 Å². The molecular weight excluding hydrogens is 292 g/mol. The number of hydrogen-bond donors (Lipinski definition) is 0. The molecule has 0 bridgehead atoms. The fourth-order valence-corrected chi connectivity index (χ4v) is 5.03. The van der Waals surface area contributed by atoms with Crippen LogP contribution < -0.4 is 0 Å². The van der Waals surface area contributed by atoms with Crippen LogP contribution >= 0.6 is 0 Å². The average molecular weight is 335 g/mol. The van der Waals surface area contributed by atoms with Crippen molar-refractivity contribution in [3.8, 4) is 0 Å². The summed E-state index contributed by atoms with van der Waals surface area (Å²) in [5.74, 6) is 4.00. The Bertz CT molecular complexity index is 319. The van der Waals surface area contributed by atoms with Crippen molar-refractivity contribution in [2.24, 2.45) is 23.7 Å². The second-order valence-electron chi connectivity index (χ2n) is 8.52. The zero-order valence-electron chi connectivity index (χ0n) is 16.5. The minimum atomic E-state index is 0.804. The van der Waals surface area contributed by atoms with E-state index < -0.39 is 0 Å². The summed E-state index contributed by atoms with van der Waals surface area (Å²) in [5, 5.41) is 0. The molecule has 2 aliphatic rings. The number of allylic oxidation sites excluding steroid dienone is 1. The van der Waals surface area contributed by atoms with Crippen molar-refractivity contribution in [3.63, 3.8) is 0 Å². The molecule has 2 saturated carbocycles. The lowest BCUT2D eigenvalue weighted by Crippen LogP contribution is -2.27. The minimum absolute atomic E-state index is 0.804. The predicted molar refractivity (Wildman–Crippen MR) is 105 cm³/mol. The maximum Gasteiger partial charge on any atom is 0.0647 e. The lowest BCUT2D eigenvalue weighted by molar-refractivity contribution is 0.0778. The summed E-state index contributed by atoms with van der Waals surface area (Å²) in [6, 6.07) is 0. The smallest absolute Gasteiger partial charge is 0.0647 e. The summed E-state index contributed by atoms with van der Waals surface area (Å²) < 4.78 is 5.78. The van der Waals surface area contributed by atoms with Crippen LogP contribution in [0.15, 0.2) is 12.2 Å². The molecule has 2 aliphatic carbocycles. The Kier molecular flexibility index (Phi) is 10.1. The van der Waals surface area contributed by atoms with Crippen molar-refractivity contribution in [1.82, 2.24) is 0 Å². The Morgan fingerprint density at radius 2 is 1.42 bits per heavy atom. The summed E-state index contributed by atoms with van der Waals surface area (Å²) in [7, 11) is 0. The SMILES string of the molecule is C/C=C\COCC1CCC(C2CCC(CCCCCC)CC2)CC1. The molecule has 1 heteroatoms. The molecule has 0 spiro atoms. The molecule has 2 fully saturated rings. The molecular formula is C23H42O. The maximum absolute atomic E-state index is 5.78. The lowest BCUT2D eigenvalue weighted by atomic mass is 9.69. The summed E-state index contributed by atoms with van der Waals surface area (Å²) >= 11 is 0. The molecule has 140 valence electrons. The lowest BCUT2D eigenvalue weighted by Gasteiger charge is -2.38. The third kappa shape index (κ3) is 7.30. The van der Waals surface area contributed by atoms with Crippen LogP contribution in [0.4, 0.5) is 0 Å². The zero-order valence-corrected chi connectivity index (χ0v) is 16.5. The highest BCUT2D eigenvalue weighted by Crippen LogP contribution is 2.42. The largest absolute Gasteiger partial charge is 0.377 e. The summed E-state index contributed by atoms with van der Waals surface area (Å²) in [4.78, 5) is 0. The molecule has 0 aromatic rings. The van der Waals surface area contributed by atoms with Gasteiger partial charge in [0, 0.05) is 6.61 Å². The first-order valence-electron chi connectivity index (χ1n) is 11.0. The van der Waals surface area contributed by atoms with E-state index in [1.54, 1.807) is 0 Å². The average Bonchev–Trinajstić information content (AvgIpc) is 2.64. The van der Waals surface area contributed by atoms with Crippen LogP contribution in [0.1, 0.15) is 97.3 Å². The molecule has 24 heavy (non-hydrogen) atoms. The van der Waals surface area contributed by atoms with Crippen molar-refractivity contribution < 1.29 is 4.74 Å². The molecule has 0 aliphatic heterocycles. The number of hydrogen-bond acceptors (Lipinski definition) is 1. The molecule has 2 rings (SSSR count). The van der Waals surface area contributed by atoms with Gasteiger partial charge in [0.05, 0.1) is 6.61 Å². The second-order valence-corrected chi connectivity index (χ2v) is 8.52. The van der Waals surface area contributed by atoms with Gasteiger partial charge in [-0.1, -0.05) is 64.0 Å². The van der Waals surface area contributed by atoms with E-state index in [-0.39, 0.29) is 0 Å². The summed E-state index contributed by atoms with van der Waals surface area (Å²) in [5.41, 5.74) is 0. The molecule has 0 saturated heterocycles. The number of unbranched alkanes of at least 4 members (excludes halogenated alkanes) is 3. The molecule has 0 radical (unpaired) electrons. The van der Waals surface area contributed by atoms with E-state index in [2.05, 4.69) is 26.0 Å². The topological polar surface area (TPSA) is 9.23 Å². The number of ether oxygens (including phenoxy) is 1. The summed E-state index contributed by atoms with van der Waals surface area (Å²) in [6.07, 6.45) is 23.4. The Labute approximate surface area is 151 Å². The van der Waals surface area contributed by atoms with Crippen molar-refractivity contribution in [3.05, 3.63) is 12.2 Å². The first-order valence-corrected chi connectivity index (χ1v) is 11.0. The fraction of sp³-hybridized carbons (Fsp3) is 0.913. The highest BCUT2D eigenvalue weighted by atomic mass is 16.5. The van der Waals surface area contributed by atoms with Crippen LogP contribution in [0.5, 0.6) is 0 Å². The Morgan fingerprint density at radius 1 is 0.792 bits per heavy atom. The third-order valence-corrected chi connectivity index (χ3v) is 6.72. The van der Waals surface area contributed by atoms with Crippen LogP contribution in [-0.2, 0) is 4.74 Å². The molecule has 0 aromatic carbocycles. The monoisotopic (exact) mass is 334 g/mol. The first kappa shape index (κ1) is 20.0. The summed E-state index contributed by atoms with van der Waals surface area (Å²) in [6.45, 7) is 6.17. The highest BCUT2D eigenvalue weighted by molar-refractivity contribution is 4.82. The Hall–Kier alpha value is -0.300. The molecule has 0 atom stereocenters. The van der Waals surface area contributed by atoms with Crippen LogP contribution in [0.25, 0.3) is 0 Å². The van der Waals surface area contributed by atoms with Gasteiger partial charge in [0.15, 0.2) is 0 Å². The standard InChI is InChI=1S/C23H42O/c1-3-5-7-8-9-20-10-14-22(15-11-20)23-16-12-21(13-17-23)19-24-18-6-4-2/h4,6,20-23H,3,5,7-19H2,1-2H3/b6-4-. The van der Waals surface area contributed by atoms with Crippen LogP contribution in [0.2, 0.25) is 0 Å². The maximum atomic E-state index is 5.78. The van der Waals surface area contributed by atoms with E-state index in [1.165, 1.54) is 83.5 Å². The molecule has 0 heterocycles. The van der Waals surface area contributed by atoms with Crippen molar-refractivity contribution >= 4 is 0 Å². The quantitative estimate of drug-likeness (QED) is 0.304. The molecule has 0 aromatic heterocycles. The molecule has 0 amide bonds. The third-order valence-electron chi connectivity index (χ3n) is 6.72. The van der Waals surface area contributed by atoms with E-state index in [0.29, 0.717) is 0 Å². The van der Waals surface area contributed by atoms with Crippen molar-refractivity contribution in [1.29, 1.82) is 0 Å². The van der Waals surface area contributed by atoms with E-state index >= 15 is 0 Å². The van der Waals surface area contributed by atoms with Crippen LogP contribution in [0.3, 0.4) is 0 Å². The van der Waals surface area contributed by atoms with Gasteiger partial charge < -0.3 is 4.74 Å². The Morgan fingerprint density at radius 3 is 2.00 bits per heavy atom. The van der Waals surface area contributed by atoms with Crippen molar-refractivity contribution in [2.75, 3.05) is 13.2 Å². The Balaban J connectivity index is 1.55. The van der Waals surface area contributed by atoms with Gasteiger partial charge >= 0.3 is 0 Å². The number of rotatable bonds is 10. The van der Waals surface area contributed by atoms with Crippen LogP contribution in [-0.4, -0.2) is 13.2 Å². The highest BCUT2D eigenvalue weighted by Gasteiger charge is 2.30. The molecule has 0 unspecified atom stereocenters. The molecule has 1 nitrogen and oxygen atoms in total. The van der Waals surface area contributed by atoms with Gasteiger partial charge in [-0.05, 0) is 69.1 Å². The van der Waals surface area contributed by atoms with E-state index in [9.17, 15) is 0 Å². The van der Waals surface area contributed by atoms with Gasteiger partial charge in [0.25, 0.3) is 0 Å². The minimum Gasteiger partial charge on any atom is -0.377 e. The molecule has 0 N–H and O–H groups in total. The van der Waals surface area contributed by atoms with Gasteiger partial charge in [-0.25, -0.2) is 0 Å². The van der Waals surface area contributed by atoms with Gasteiger partial charge in [0.1, 0.15) is 0 Å². The van der Waals surface area contributed by atoms with Crippen molar-refractivity contribution in [2.45, 2.75) is 97.3 Å². The van der Waals surface area contributed by atoms with Crippen LogP contribution in [0, 0.1) is 23.7 Å². The van der Waals surface area contributed by atoms with E-state index in [0.717, 1.165) is 36.9 Å². The zero-order chi connectivity index (χ0) is 17.0. The van der Waals surface area contributed by atoms with Gasteiger partial charge in [-0.15, -0.1) is 0 Å². The second kappa shape index (κ2) is 12.1. The predicted octanol–water partition coefficient (Wildman–Crippen LogP) is 7.16. The van der Waals surface area contributed by atoms with E-state index in [4.69, 9.17) is 4.74 Å². The normalized spacial score (nSPS) is 31.6.